The standard InChI is InChI=1S/C27H21N3O3/c1-18-24(31)22-13-8-14-23(26(22)33-25(18)20-9-4-2-5-10-20)27(32)28-15-19-16-29-30(17-19)21-11-6-3-7-12-21/h2-14,16-17H,15H2,1H3,(H,28,32). The fourth-order valence-corrected chi connectivity index (χ4v) is 3.80. The molecule has 0 saturated heterocycles. The molecule has 6 nitrogen and oxygen atoms in total. The van der Waals surface area contributed by atoms with Crippen LogP contribution in [-0.2, 0) is 6.54 Å². The summed E-state index contributed by atoms with van der Waals surface area (Å²) in [6.07, 6.45) is 3.59. The molecule has 0 fully saturated rings. The number of benzene rings is 3. The van der Waals surface area contributed by atoms with E-state index in [0.29, 0.717) is 28.8 Å². The van der Waals surface area contributed by atoms with Gasteiger partial charge in [0, 0.05) is 29.4 Å². The van der Waals surface area contributed by atoms with Crippen LogP contribution >= 0.6 is 0 Å². The summed E-state index contributed by atoms with van der Waals surface area (Å²) in [7, 11) is 0. The monoisotopic (exact) mass is 435 g/mol. The highest BCUT2D eigenvalue weighted by Crippen LogP contribution is 2.27. The van der Waals surface area contributed by atoms with Crippen molar-refractivity contribution in [2.24, 2.45) is 0 Å². The van der Waals surface area contributed by atoms with Gasteiger partial charge in [0.15, 0.2) is 11.0 Å². The molecule has 3 aromatic carbocycles. The Morgan fingerprint density at radius 2 is 1.70 bits per heavy atom. The molecule has 1 amide bonds. The number of hydrogen-bond donors (Lipinski definition) is 1. The lowest BCUT2D eigenvalue weighted by Crippen LogP contribution is -2.23. The molecule has 2 heterocycles. The van der Waals surface area contributed by atoms with E-state index in [1.807, 2.05) is 66.9 Å². The minimum atomic E-state index is -0.320. The average molecular weight is 435 g/mol. The first-order chi connectivity index (χ1) is 16.1. The van der Waals surface area contributed by atoms with Crippen LogP contribution in [0.25, 0.3) is 28.0 Å². The highest BCUT2D eigenvalue weighted by Gasteiger charge is 2.18. The minimum absolute atomic E-state index is 0.145. The summed E-state index contributed by atoms with van der Waals surface area (Å²) in [5.74, 6) is 0.150. The molecule has 6 heteroatoms. The smallest absolute Gasteiger partial charge is 0.255 e. The Hall–Kier alpha value is -4.45. The third-order valence-corrected chi connectivity index (χ3v) is 5.54. The normalized spacial score (nSPS) is 10.9. The van der Waals surface area contributed by atoms with Gasteiger partial charge in [-0.15, -0.1) is 0 Å². The van der Waals surface area contributed by atoms with Crippen LogP contribution in [-0.4, -0.2) is 15.7 Å². The van der Waals surface area contributed by atoms with Gasteiger partial charge in [0.25, 0.3) is 5.91 Å². The van der Waals surface area contributed by atoms with Crippen molar-refractivity contribution in [3.8, 4) is 17.0 Å². The quantitative estimate of drug-likeness (QED) is 0.427. The van der Waals surface area contributed by atoms with E-state index < -0.39 is 0 Å². The first kappa shape index (κ1) is 20.5. The molecule has 0 radical (unpaired) electrons. The van der Waals surface area contributed by atoms with Gasteiger partial charge in [0.1, 0.15) is 5.76 Å². The second-order valence-electron chi connectivity index (χ2n) is 7.74. The molecular formula is C27H21N3O3. The number of nitrogens with zero attached hydrogens (tertiary/aromatic N) is 2. The van der Waals surface area contributed by atoms with Gasteiger partial charge in [-0.05, 0) is 31.2 Å². The van der Waals surface area contributed by atoms with Gasteiger partial charge >= 0.3 is 0 Å². The molecule has 162 valence electrons. The lowest BCUT2D eigenvalue weighted by atomic mass is 10.0. The third kappa shape index (κ3) is 3.94. The van der Waals surface area contributed by atoms with E-state index in [9.17, 15) is 9.59 Å². The van der Waals surface area contributed by atoms with Crippen molar-refractivity contribution in [3.05, 3.63) is 118 Å². The summed E-state index contributed by atoms with van der Waals surface area (Å²) in [4.78, 5) is 26.1. The lowest BCUT2D eigenvalue weighted by Gasteiger charge is -2.10. The van der Waals surface area contributed by atoms with Gasteiger partial charge in [-0.3, -0.25) is 9.59 Å². The molecule has 5 rings (SSSR count). The number of hydrogen-bond acceptors (Lipinski definition) is 4. The van der Waals surface area contributed by atoms with Crippen LogP contribution in [0.4, 0.5) is 0 Å². The molecule has 0 aliphatic carbocycles. The van der Waals surface area contributed by atoms with Gasteiger partial charge in [-0.25, -0.2) is 4.68 Å². The van der Waals surface area contributed by atoms with Crippen LogP contribution in [0, 0.1) is 6.92 Å². The molecule has 5 aromatic rings. The highest BCUT2D eigenvalue weighted by atomic mass is 16.3. The Balaban J connectivity index is 1.45. The fourth-order valence-electron chi connectivity index (χ4n) is 3.80. The molecule has 0 unspecified atom stereocenters. The van der Waals surface area contributed by atoms with Crippen LogP contribution in [0.15, 0.2) is 100 Å². The number of amides is 1. The average Bonchev–Trinajstić information content (AvgIpc) is 3.34. The van der Waals surface area contributed by atoms with Crippen molar-refractivity contribution in [3.63, 3.8) is 0 Å². The van der Waals surface area contributed by atoms with Crippen molar-refractivity contribution < 1.29 is 9.21 Å². The minimum Gasteiger partial charge on any atom is -0.455 e. The molecule has 0 aliphatic rings. The third-order valence-electron chi connectivity index (χ3n) is 5.54. The first-order valence-corrected chi connectivity index (χ1v) is 10.6. The highest BCUT2D eigenvalue weighted by molar-refractivity contribution is 6.05. The number of aromatic nitrogens is 2. The van der Waals surface area contributed by atoms with E-state index in [0.717, 1.165) is 16.8 Å². The van der Waals surface area contributed by atoms with Gasteiger partial charge in [0.2, 0.25) is 0 Å². The van der Waals surface area contributed by atoms with E-state index in [-0.39, 0.29) is 16.9 Å². The van der Waals surface area contributed by atoms with E-state index >= 15 is 0 Å². The Kier molecular flexibility index (Phi) is 5.32. The number of para-hydroxylation sites is 2. The van der Waals surface area contributed by atoms with Crippen molar-refractivity contribution in [1.29, 1.82) is 0 Å². The Labute approximate surface area is 190 Å². The number of fused-ring (bicyclic) bond motifs is 1. The van der Waals surface area contributed by atoms with E-state index in [1.165, 1.54) is 0 Å². The Bertz CT molecular complexity index is 1500. The van der Waals surface area contributed by atoms with Crippen molar-refractivity contribution >= 4 is 16.9 Å². The molecule has 0 saturated carbocycles. The second-order valence-corrected chi connectivity index (χ2v) is 7.74. The maximum atomic E-state index is 13.1. The van der Waals surface area contributed by atoms with E-state index in [4.69, 9.17) is 4.42 Å². The summed E-state index contributed by atoms with van der Waals surface area (Å²) >= 11 is 0. The predicted molar refractivity (Wildman–Crippen MR) is 127 cm³/mol. The molecular weight excluding hydrogens is 414 g/mol. The molecule has 0 atom stereocenters. The van der Waals surface area contributed by atoms with Crippen LogP contribution in [0.5, 0.6) is 0 Å². The second kappa shape index (κ2) is 8.59. The zero-order valence-corrected chi connectivity index (χ0v) is 18.0. The summed E-state index contributed by atoms with van der Waals surface area (Å²) in [6.45, 7) is 2.04. The molecule has 1 N–H and O–H groups in total. The number of carbonyl (C=O) groups is 1. The first-order valence-electron chi connectivity index (χ1n) is 10.6. The van der Waals surface area contributed by atoms with Gasteiger partial charge < -0.3 is 9.73 Å². The summed E-state index contributed by atoms with van der Waals surface area (Å²) in [5.41, 5.74) is 3.55. The van der Waals surface area contributed by atoms with Crippen LogP contribution in [0.2, 0.25) is 0 Å². The van der Waals surface area contributed by atoms with Gasteiger partial charge in [0.05, 0.1) is 22.8 Å². The zero-order valence-electron chi connectivity index (χ0n) is 18.0. The van der Waals surface area contributed by atoms with E-state index in [1.54, 1.807) is 36.0 Å². The van der Waals surface area contributed by atoms with E-state index in [2.05, 4.69) is 10.4 Å². The largest absolute Gasteiger partial charge is 0.455 e. The number of carbonyl (C=O) groups excluding carboxylic acids is 1. The SMILES string of the molecule is Cc1c(-c2ccccc2)oc2c(C(=O)NCc3cnn(-c4ccccc4)c3)cccc2c1=O. The number of rotatable bonds is 5. The van der Waals surface area contributed by atoms with Crippen molar-refractivity contribution in [1.82, 2.24) is 15.1 Å². The molecule has 0 spiro atoms. The van der Waals surface area contributed by atoms with Gasteiger partial charge in [-0.2, -0.15) is 5.10 Å². The van der Waals surface area contributed by atoms with Crippen molar-refractivity contribution in [2.45, 2.75) is 13.5 Å². The van der Waals surface area contributed by atoms with Crippen LogP contribution < -0.4 is 10.7 Å². The Morgan fingerprint density at radius 1 is 0.970 bits per heavy atom. The summed E-state index contributed by atoms with van der Waals surface area (Å²) in [5, 5.41) is 7.66. The maximum absolute atomic E-state index is 13.1. The molecule has 33 heavy (non-hydrogen) atoms. The van der Waals surface area contributed by atoms with Crippen LogP contribution in [0.3, 0.4) is 0 Å². The molecule has 0 aliphatic heterocycles. The van der Waals surface area contributed by atoms with Crippen molar-refractivity contribution in [2.75, 3.05) is 0 Å². The number of nitrogens with one attached hydrogen (secondary N) is 1. The fraction of sp³-hybridized carbons (Fsp3) is 0.0741. The van der Waals surface area contributed by atoms with Crippen LogP contribution in [0.1, 0.15) is 21.5 Å². The topological polar surface area (TPSA) is 77.1 Å². The van der Waals surface area contributed by atoms with Gasteiger partial charge in [-0.1, -0.05) is 54.6 Å². The molecule has 0 bridgehead atoms. The lowest BCUT2D eigenvalue weighted by molar-refractivity contribution is 0.0951. The maximum Gasteiger partial charge on any atom is 0.255 e. The summed E-state index contributed by atoms with van der Waals surface area (Å²) < 4.78 is 7.91. The predicted octanol–water partition coefficient (Wildman–Crippen LogP) is 4.88. The summed E-state index contributed by atoms with van der Waals surface area (Å²) in [6, 6.07) is 24.2. The Morgan fingerprint density at radius 3 is 2.45 bits per heavy atom. The zero-order chi connectivity index (χ0) is 22.8. The molecule has 2 aromatic heterocycles.